The van der Waals surface area contributed by atoms with E-state index in [0.717, 1.165) is 39.9 Å². The van der Waals surface area contributed by atoms with Crippen LogP contribution in [0.15, 0.2) is 24.3 Å². The Hall–Kier alpha value is -1.88. The third-order valence-electron chi connectivity index (χ3n) is 3.38. The highest BCUT2D eigenvalue weighted by atomic mass is 32.1. The summed E-state index contributed by atoms with van der Waals surface area (Å²) in [5, 5.41) is 0.852. The summed E-state index contributed by atoms with van der Waals surface area (Å²) in [6, 6.07) is 7.47. The molecule has 0 atom stereocenters. The highest BCUT2D eigenvalue weighted by Gasteiger charge is 2.31. The molecule has 0 amide bonds. The molecule has 0 saturated heterocycles. The highest BCUT2D eigenvalue weighted by molar-refractivity contribution is 7.13. The molecule has 1 aromatic heterocycles. The first-order valence-electron chi connectivity index (χ1n) is 6.94. The van der Waals surface area contributed by atoms with Gasteiger partial charge in [0.15, 0.2) is 5.78 Å². The van der Waals surface area contributed by atoms with Crippen LogP contribution < -0.4 is 9.47 Å². The zero-order valence-corrected chi connectivity index (χ0v) is 12.9. The van der Waals surface area contributed by atoms with Crippen LogP contribution >= 0.6 is 11.3 Å². The van der Waals surface area contributed by atoms with Crippen molar-refractivity contribution in [2.45, 2.75) is 32.3 Å². The summed E-state index contributed by atoms with van der Waals surface area (Å²) in [5.41, 5.74) is 0.969. The van der Waals surface area contributed by atoms with Crippen molar-refractivity contribution in [3.8, 4) is 11.5 Å². The number of rotatable bonds is 6. The van der Waals surface area contributed by atoms with Gasteiger partial charge in [0.05, 0.1) is 17.7 Å². The predicted octanol–water partition coefficient (Wildman–Crippen LogP) is 3.81. The van der Waals surface area contributed by atoms with Crippen LogP contribution in [0.4, 0.5) is 0 Å². The van der Waals surface area contributed by atoms with E-state index in [1.807, 2.05) is 24.3 Å². The maximum absolute atomic E-state index is 11.7. The number of methoxy groups -OCH3 is 1. The van der Waals surface area contributed by atoms with Gasteiger partial charge >= 0.3 is 0 Å². The van der Waals surface area contributed by atoms with Crippen molar-refractivity contribution in [1.82, 2.24) is 4.98 Å². The van der Waals surface area contributed by atoms with Gasteiger partial charge in [-0.15, -0.1) is 11.3 Å². The molecule has 0 unspecified atom stereocenters. The third kappa shape index (κ3) is 3.24. The molecular formula is C16H17NO3S. The zero-order valence-electron chi connectivity index (χ0n) is 12.1. The molecule has 1 saturated carbocycles. The zero-order chi connectivity index (χ0) is 14.8. The second-order valence-electron chi connectivity index (χ2n) is 5.12. The van der Waals surface area contributed by atoms with Gasteiger partial charge in [-0.05, 0) is 25.0 Å². The average molecular weight is 303 g/mol. The summed E-state index contributed by atoms with van der Waals surface area (Å²) < 4.78 is 10.9. The van der Waals surface area contributed by atoms with E-state index in [0.29, 0.717) is 12.5 Å². The van der Waals surface area contributed by atoms with Crippen LogP contribution in [0.25, 0.3) is 0 Å². The Balaban J connectivity index is 1.72. The first-order chi connectivity index (χ1) is 10.2. The van der Waals surface area contributed by atoms with Crippen LogP contribution in [0.2, 0.25) is 0 Å². The van der Waals surface area contributed by atoms with Gasteiger partial charge in [-0.1, -0.05) is 6.07 Å². The number of nitrogens with zero attached hydrogens (tertiary/aromatic N) is 1. The van der Waals surface area contributed by atoms with E-state index in [1.165, 1.54) is 11.3 Å². The van der Waals surface area contributed by atoms with Crippen molar-refractivity contribution < 1.29 is 14.3 Å². The summed E-state index contributed by atoms with van der Waals surface area (Å²) in [6.07, 6.45) is 2.28. The Bertz CT molecular complexity index is 661. The lowest BCUT2D eigenvalue weighted by atomic mass is 10.2. The Morgan fingerprint density at radius 3 is 2.81 bits per heavy atom. The maximum atomic E-state index is 11.7. The average Bonchev–Trinajstić information content (AvgIpc) is 3.25. The predicted molar refractivity (Wildman–Crippen MR) is 81.4 cm³/mol. The summed E-state index contributed by atoms with van der Waals surface area (Å²) in [6.45, 7) is 1.98. The minimum atomic E-state index is 0.0991. The number of aromatic nitrogens is 1. The van der Waals surface area contributed by atoms with E-state index in [2.05, 4.69) is 4.98 Å². The number of hydrogen-bond donors (Lipinski definition) is 0. The fourth-order valence-electron chi connectivity index (χ4n) is 2.16. The van der Waals surface area contributed by atoms with Crippen LogP contribution in [0.3, 0.4) is 0 Å². The molecule has 0 N–H and O–H groups in total. The van der Waals surface area contributed by atoms with Gasteiger partial charge in [-0.25, -0.2) is 4.98 Å². The highest BCUT2D eigenvalue weighted by Crippen LogP contribution is 2.42. The first kappa shape index (κ1) is 14.1. The smallest absolute Gasteiger partial charge is 0.171 e. The molecule has 1 aliphatic carbocycles. The van der Waals surface area contributed by atoms with Gasteiger partial charge in [-0.3, -0.25) is 4.79 Å². The molecule has 21 heavy (non-hydrogen) atoms. The monoisotopic (exact) mass is 303 g/mol. The fraction of sp³-hybridized carbons (Fsp3) is 0.375. The molecule has 4 nitrogen and oxygen atoms in total. The van der Waals surface area contributed by atoms with Crippen molar-refractivity contribution in [3.63, 3.8) is 0 Å². The number of ether oxygens (including phenoxy) is 2. The quantitative estimate of drug-likeness (QED) is 0.761. The second-order valence-corrected chi connectivity index (χ2v) is 6.20. The van der Waals surface area contributed by atoms with E-state index in [1.54, 1.807) is 14.0 Å². The normalized spacial score (nSPS) is 14.0. The third-order valence-corrected chi connectivity index (χ3v) is 4.53. The van der Waals surface area contributed by atoms with Crippen LogP contribution in [-0.2, 0) is 6.61 Å². The summed E-state index contributed by atoms with van der Waals surface area (Å²) >= 11 is 1.45. The molecule has 1 heterocycles. The van der Waals surface area contributed by atoms with Crippen molar-refractivity contribution in [1.29, 1.82) is 0 Å². The van der Waals surface area contributed by atoms with Crippen LogP contribution in [0.5, 0.6) is 11.5 Å². The topological polar surface area (TPSA) is 48.4 Å². The summed E-state index contributed by atoms with van der Waals surface area (Å²) in [5.74, 6) is 2.07. The van der Waals surface area contributed by atoms with Crippen LogP contribution in [-0.4, -0.2) is 17.9 Å². The number of ketones is 1. The first-order valence-corrected chi connectivity index (χ1v) is 7.76. The summed E-state index contributed by atoms with van der Waals surface area (Å²) in [4.78, 5) is 17.1. The van der Waals surface area contributed by atoms with E-state index in [4.69, 9.17) is 9.47 Å². The van der Waals surface area contributed by atoms with E-state index in [-0.39, 0.29) is 5.78 Å². The molecule has 1 aliphatic rings. The van der Waals surface area contributed by atoms with Crippen LogP contribution in [0, 0.1) is 0 Å². The maximum Gasteiger partial charge on any atom is 0.171 e. The molecule has 0 aliphatic heterocycles. The molecule has 0 spiro atoms. The molecule has 3 rings (SSSR count). The molecule has 110 valence electrons. The Morgan fingerprint density at radius 2 is 2.14 bits per heavy atom. The van der Waals surface area contributed by atoms with Crippen molar-refractivity contribution in [2.24, 2.45) is 0 Å². The number of carbonyl (C=O) groups is 1. The van der Waals surface area contributed by atoms with Gasteiger partial charge in [0, 0.05) is 18.9 Å². The van der Waals surface area contributed by atoms with Gasteiger partial charge in [0.1, 0.15) is 23.1 Å². The minimum absolute atomic E-state index is 0.0991. The standard InChI is InChI=1S/C16H17NO3S/c1-10(18)16-15(11-6-7-11)17-14(21-16)9-20-13-5-3-4-12(8-13)19-2/h3-5,8,11H,6-7,9H2,1-2H3. The molecule has 5 heteroatoms. The largest absolute Gasteiger partial charge is 0.497 e. The Labute approximate surface area is 127 Å². The number of carbonyl (C=O) groups excluding carboxylic acids is 1. The van der Waals surface area contributed by atoms with E-state index in [9.17, 15) is 4.79 Å². The number of hydrogen-bond acceptors (Lipinski definition) is 5. The van der Waals surface area contributed by atoms with Crippen molar-refractivity contribution in [3.05, 3.63) is 39.8 Å². The minimum Gasteiger partial charge on any atom is -0.497 e. The molecular weight excluding hydrogens is 286 g/mol. The lowest BCUT2D eigenvalue weighted by Crippen LogP contribution is -1.96. The van der Waals surface area contributed by atoms with Gasteiger partial charge in [0.25, 0.3) is 0 Å². The number of Topliss-reactive ketones (excluding diaryl/α,β-unsaturated/α-hetero) is 1. The SMILES string of the molecule is COc1cccc(OCc2nc(C3CC3)c(C(C)=O)s2)c1. The lowest BCUT2D eigenvalue weighted by molar-refractivity contribution is 0.102. The fourth-order valence-corrected chi connectivity index (χ4v) is 3.12. The van der Waals surface area contributed by atoms with Crippen molar-refractivity contribution >= 4 is 17.1 Å². The van der Waals surface area contributed by atoms with Gasteiger partial charge in [-0.2, -0.15) is 0 Å². The Morgan fingerprint density at radius 1 is 1.38 bits per heavy atom. The van der Waals surface area contributed by atoms with Crippen molar-refractivity contribution in [2.75, 3.05) is 7.11 Å². The van der Waals surface area contributed by atoms with Gasteiger partial charge in [0.2, 0.25) is 0 Å². The molecule has 2 aromatic rings. The number of thiazole rings is 1. The number of benzene rings is 1. The molecule has 0 bridgehead atoms. The van der Waals surface area contributed by atoms with E-state index >= 15 is 0 Å². The van der Waals surface area contributed by atoms with Gasteiger partial charge < -0.3 is 9.47 Å². The molecule has 1 aromatic carbocycles. The van der Waals surface area contributed by atoms with Crippen LogP contribution in [0.1, 0.15) is 46.1 Å². The lowest BCUT2D eigenvalue weighted by Gasteiger charge is -2.05. The Kier molecular flexibility index (Phi) is 3.92. The second kappa shape index (κ2) is 5.85. The summed E-state index contributed by atoms with van der Waals surface area (Å²) in [7, 11) is 1.63. The molecule has 0 radical (unpaired) electrons. The molecule has 1 fully saturated rings. The van der Waals surface area contributed by atoms with E-state index < -0.39 is 0 Å².